The summed E-state index contributed by atoms with van der Waals surface area (Å²) in [7, 11) is 0. The Hall–Kier alpha value is -0.590. The molecule has 0 aliphatic heterocycles. The number of allylic oxidation sites excluding steroid dienone is 2. The molecule has 10 heavy (non-hydrogen) atoms. The van der Waals surface area contributed by atoms with Gasteiger partial charge in [0.1, 0.15) is 5.78 Å². The molecule has 0 spiro atoms. The minimum Gasteiger partial charge on any atom is -0.300 e. The van der Waals surface area contributed by atoms with Crippen LogP contribution in [-0.2, 0) is 4.79 Å². The number of carbonyl (C=O) groups excluding carboxylic acids is 1. The van der Waals surface area contributed by atoms with Crippen molar-refractivity contribution in [3.8, 4) is 0 Å². The highest BCUT2D eigenvalue weighted by Crippen LogP contribution is 2.04. The summed E-state index contributed by atoms with van der Waals surface area (Å²) in [5, 5.41) is 0. The molecule has 0 heterocycles. The topological polar surface area (TPSA) is 17.1 Å². The van der Waals surface area contributed by atoms with E-state index in [0.717, 1.165) is 6.42 Å². The molecule has 0 amide bonds. The quantitative estimate of drug-likeness (QED) is 0.548. The van der Waals surface area contributed by atoms with Crippen molar-refractivity contribution < 1.29 is 4.79 Å². The second-order valence-electron chi connectivity index (χ2n) is 2.72. The van der Waals surface area contributed by atoms with Gasteiger partial charge in [0, 0.05) is 6.42 Å². The van der Waals surface area contributed by atoms with Gasteiger partial charge in [-0.1, -0.05) is 26.0 Å². The second kappa shape index (κ2) is 5.21. The third-order valence-electron chi connectivity index (χ3n) is 1.31. The van der Waals surface area contributed by atoms with E-state index in [1.165, 1.54) is 0 Å². The van der Waals surface area contributed by atoms with Gasteiger partial charge in [-0.15, -0.1) is 0 Å². The van der Waals surface area contributed by atoms with Gasteiger partial charge >= 0.3 is 0 Å². The maximum Gasteiger partial charge on any atom is 0.130 e. The van der Waals surface area contributed by atoms with Crippen molar-refractivity contribution in [2.45, 2.75) is 33.6 Å². The van der Waals surface area contributed by atoms with E-state index in [-0.39, 0.29) is 5.78 Å². The lowest BCUT2D eigenvalue weighted by Crippen LogP contribution is -1.97. The zero-order valence-corrected chi connectivity index (χ0v) is 7.05. The summed E-state index contributed by atoms with van der Waals surface area (Å²) in [5.74, 6) is 0.686. The monoisotopic (exact) mass is 140 g/mol. The van der Waals surface area contributed by atoms with E-state index in [4.69, 9.17) is 0 Å². The Labute approximate surface area is 63.1 Å². The molecule has 1 nitrogen and oxygen atoms in total. The van der Waals surface area contributed by atoms with Crippen LogP contribution in [0.5, 0.6) is 0 Å². The van der Waals surface area contributed by atoms with Crippen LogP contribution >= 0.6 is 0 Å². The van der Waals surface area contributed by atoms with Gasteiger partial charge in [0.25, 0.3) is 0 Å². The smallest absolute Gasteiger partial charge is 0.130 e. The lowest BCUT2D eigenvalue weighted by Gasteiger charge is -2.00. The van der Waals surface area contributed by atoms with Gasteiger partial charge in [0.05, 0.1) is 0 Å². The highest BCUT2D eigenvalue weighted by atomic mass is 16.1. The Morgan fingerprint density at radius 2 is 2.20 bits per heavy atom. The summed E-state index contributed by atoms with van der Waals surface area (Å²) >= 11 is 0. The SMILES string of the molecule is CCC=CC(C)CC(C)=O. The molecular formula is C9H16O. The molecule has 1 heteroatoms. The van der Waals surface area contributed by atoms with Crippen LogP contribution in [0.2, 0.25) is 0 Å². The minimum absolute atomic E-state index is 0.272. The van der Waals surface area contributed by atoms with Crippen molar-refractivity contribution >= 4 is 5.78 Å². The molecule has 1 atom stereocenters. The van der Waals surface area contributed by atoms with Gasteiger partial charge in [-0.2, -0.15) is 0 Å². The summed E-state index contributed by atoms with van der Waals surface area (Å²) < 4.78 is 0. The van der Waals surface area contributed by atoms with E-state index < -0.39 is 0 Å². The van der Waals surface area contributed by atoms with Gasteiger partial charge < -0.3 is 4.79 Å². The van der Waals surface area contributed by atoms with Crippen molar-refractivity contribution in [1.82, 2.24) is 0 Å². The number of rotatable bonds is 4. The normalized spacial score (nSPS) is 13.9. The summed E-state index contributed by atoms with van der Waals surface area (Å²) in [6.45, 7) is 5.79. The summed E-state index contributed by atoms with van der Waals surface area (Å²) in [5.41, 5.74) is 0. The number of hydrogen-bond donors (Lipinski definition) is 0. The Morgan fingerprint density at radius 3 is 2.60 bits per heavy atom. The van der Waals surface area contributed by atoms with Crippen molar-refractivity contribution in [3.63, 3.8) is 0 Å². The Balaban J connectivity index is 3.52. The first-order valence-corrected chi connectivity index (χ1v) is 3.83. The lowest BCUT2D eigenvalue weighted by atomic mass is 10.1. The molecular weight excluding hydrogens is 124 g/mol. The zero-order chi connectivity index (χ0) is 7.98. The molecule has 0 aromatic rings. The maximum absolute atomic E-state index is 10.6. The van der Waals surface area contributed by atoms with Crippen LogP contribution in [0, 0.1) is 5.92 Å². The predicted molar refractivity (Wildman–Crippen MR) is 43.9 cm³/mol. The molecule has 0 bridgehead atoms. The van der Waals surface area contributed by atoms with Crippen molar-refractivity contribution in [1.29, 1.82) is 0 Å². The van der Waals surface area contributed by atoms with Crippen LogP contribution in [0.3, 0.4) is 0 Å². The average molecular weight is 140 g/mol. The Kier molecular flexibility index (Phi) is 4.91. The van der Waals surface area contributed by atoms with Crippen molar-refractivity contribution in [2.24, 2.45) is 5.92 Å². The molecule has 0 saturated heterocycles. The van der Waals surface area contributed by atoms with E-state index >= 15 is 0 Å². The summed E-state index contributed by atoms with van der Waals surface area (Å²) in [6.07, 6.45) is 5.94. The van der Waals surface area contributed by atoms with Gasteiger partial charge in [-0.25, -0.2) is 0 Å². The van der Waals surface area contributed by atoms with Crippen LogP contribution in [0.15, 0.2) is 12.2 Å². The largest absolute Gasteiger partial charge is 0.300 e. The van der Waals surface area contributed by atoms with E-state index in [2.05, 4.69) is 26.0 Å². The van der Waals surface area contributed by atoms with E-state index in [0.29, 0.717) is 12.3 Å². The van der Waals surface area contributed by atoms with Crippen LogP contribution in [0.25, 0.3) is 0 Å². The number of hydrogen-bond acceptors (Lipinski definition) is 1. The van der Waals surface area contributed by atoms with Gasteiger partial charge in [-0.05, 0) is 19.3 Å². The van der Waals surface area contributed by atoms with Crippen molar-refractivity contribution in [3.05, 3.63) is 12.2 Å². The second-order valence-corrected chi connectivity index (χ2v) is 2.72. The standard InChI is InChI=1S/C9H16O/c1-4-5-6-8(2)7-9(3)10/h5-6,8H,4,7H2,1-3H3. The average Bonchev–Trinajstić information content (AvgIpc) is 1.82. The lowest BCUT2D eigenvalue weighted by molar-refractivity contribution is -0.117. The molecule has 0 aliphatic carbocycles. The number of ketones is 1. The van der Waals surface area contributed by atoms with Crippen LogP contribution in [0.1, 0.15) is 33.6 Å². The molecule has 0 saturated carbocycles. The van der Waals surface area contributed by atoms with Crippen LogP contribution in [0.4, 0.5) is 0 Å². The fraction of sp³-hybridized carbons (Fsp3) is 0.667. The van der Waals surface area contributed by atoms with E-state index in [1.807, 2.05) is 0 Å². The third kappa shape index (κ3) is 5.54. The fourth-order valence-electron chi connectivity index (χ4n) is 0.890. The zero-order valence-electron chi connectivity index (χ0n) is 7.05. The van der Waals surface area contributed by atoms with Gasteiger partial charge in [-0.3, -0.25) is 0 Å². The number of carbonyl (C=O) groups is 1. The molecule has 0 aromatic carbocycles. The van der Waals surface area contributed by atoms with Crippen LogP contribution in [-0.4, -0.2) is 5.78 Å². The molecule has 0 aromatic heterocycles. The van der Waals surface area contributed by atoms with Crippen molar-refractivity contribution in [2.75, 3.05) is 0 Å². The maximum atomic E-state index is 10.6. The molecule has 0 aliphatic rings. The molecule has 0 N–H and O–H groups in total. The predicted octanol–water partition coefficient (Wildman–Crippen LogP) is 2.57. The minimum atomic E-state index is 0.272. The first-order chi connectivity index (χ1) is 4.66. The first-order valence-electron chi connectivity index (χ1n) is 3.83. The highest BCUT2D eigenvalue weighted by Gasteiger charge is 1.98. The highest BCUT2D eigenvalue weighted by molar-refractivity contribution is 5.75. The Morgan fingerprint density at radius 1 is 1.60 bits per heavy atom. The fourth-order valence-corrected chi connectivity index (χ4v) is 0.890. The van der Waals surface area contributed by atoms with Gasteiger partial charge in [0.15, 0.2) is 0 Å². The molecule has 1 unspecified atom stereocenters. The summed E-state index contributed by atoms with van der Waals surface area (Å²) in [4.78, 5) is 10.6. The number of Topliss-reactive ketones (excluding diaryl/α,β-unsaturated/α-hetero) is 1. The first kappa shape index (κ1) is 9.41. The Bertz CT molecular complexity index is 125. The summed E-state index contributed by atoms with van der Waals surface area (Å²) in [6, 6.07) is 0. The van der Waals surface area contributed by atoms with Crippen LogP contribution < -0.4 is 0 Å². The molecule has 0 fully saturated rings. The van der Waals surface area contributed by atoms with E-state index in [1.54, 1.807) is 6.92 Å². The molecule has 58 valence electrons. The molecule has 0 radical (unpaired) electrons. The third-order valence-corrected chi connectivity index (χ3v) is 1.31. The van der Waals surface area contributed by atoms with Gasteiger partial charge in [0.2, 0.25) is 0 Å². The molecule has 0 rings (SSSR count). The van der Waals surface area contributed by atoms with E-state index in [9.17, 15) is 4.79 Å².